The van der Waals surface area contributed by atoms with Crippen molar-refractivity contribution in [2.45, 2.75) is 65.2 Å². The number of carbonyl (C=O) groups is 5. The normalized spacial score (nSPS) is 35.0. The fourth-order valence-corrected chi connectivity index (χ4v) is 6.38. The van der Waals surface area contributed by atoms with E-state index in [9.17, 15) is 34.2 Å². The van der Waals surface area contributed by atoms with Crippen LogP contribution in [0.2, 0.25) is 0 Å². The molecular weight excluding hydrogens is 486 g/mol. The number of nitrogens with one attached hydrogen (secondary N) is 1. The summed E-state index contributed by atoms with van der Waals surface area (Å²) < 4.78 is 16.8. The van der Waals surface area contributed by atoms with Crippen LogP contribution in [0.5, 0.6) is 0 Å². The van der Waals surface area contributed by atoms with E-state index < -0.39 is 64.4 Å². The fourth-order valence-electron chi connectivity index (χ4n) is 6.38. The first-order valence-electron chi connectivity index (χ1n) is 12.1. The van der Waals surface area contributed by atoms with E-state index in [2.05, 4.69) is 5.32 Å². The minimum absolute atomic E-state index is 0.0515. The SMILES string of the molecule is COC[C@H]1OC(=O)/C(=C\N[C@H](C)C(=O)O)C2=C(O)C(=O)C3=C([C@H](OC(C)=O)C[C@]4(C)C(=O)CC[C@@H]34)[C@]21C. The zero-order valence-electron chi connectivity index (χ0n) is 21.4. The minimum atomic E-state index is -1.38. The average Bonchev–Trinajstić information content (AvgIpc) is 3.11. The number of esters is 2. The first-order valence-corrected chi connectivity index (χ1v) is 12.1. The van der Waals surface area contributed by atoms with Crippen molar-refractivity contribution in [2.24, 2.45) is 16.7 Å². The molecule has 0 aromatic heterocycles. The van der Waals surface area contributed by atoms with Crippen molar-refractivity contribution in [3.8, 4) is 0 Å². The quantitative estimate of drug-likeness (QED) is 0.345. The highest BCUT2D eigenvalue weighted by Gasteiger charge is 2.64. The van der Waals surface area contributed by atoms with Gasteiger partial charge in [0, 0.05) is 55.6 Å². The number of aliphatic carboxylic acids is 1. The molecule has 1 heterocycles. The first kappa shape index (κ1) is 26.6. The smallest absolute Gasteiger partial charge is 0.340 e. The van der Waals surface area contributed by atoms with Crippen molar-refractivity contribution >= 4 is 29.5 Å². The molecule has 11 nitrogen and oxygen atoms in total. The second-order valence-electron chi connectivity index (χ2n) is 10.5. The van der Waals surface area contributed by atoms with Crippen LogP contribution in [-0.4, -0.2) is 71.7 Å². The van der Waals surface area contributed by atoms with Gasteiger partial charge in [0.25, 0.3) is 0 Å². The highest BCUT2D eigenvalue weighted by atomic mass is 16.6. The number of carbonyl (C=O) groups excluding carboxylic acids is 4. The Morgan fingerprint density at radius 1 is 1.27 bits per heavy atom. The fraction of sp³-hybridized carbons (Fsp3) is 0.577. The van der Waals surface area contributed by atoms with Crippen LogP contribution >= 0.6 is 0 Å². The number of fused-ring (bicyclic) bond motifs is 4. The Morgan fingerprint density at radius 2 is 1.95 bits per heavy atom. The van der Waals surface area contributed by atoms with Gasteiger partial charge in [-0.05, 0) is 25.8 Å². The molecule has 0 aromatic rings. The largest absolute Gasteiger partial charge is 0.504 e. The lowest BCUT2D eigenvalue weighted by Crippen LogP contribution is -2.57. The zero-order chi connectivity index (χ0) is 27.4. The highest BCUT2D eigenvalue weighted by molar-refractivity contribution is 6.14. The van der Waals surface area contributed by atoms with Gasteiger partial charge in [-0.2, -0.15) is 0 Å². The summed E-state index contributed by atoms with van der Waals surface area (Å²) in [7, 11) is 1.41. The Kier molecular flexibility index (Phi) is 6.56. The van der Waals surface area contributed by atoms with Crippen molar-refractivity contribution < 1.29 is 48.4 Å². The Bertz CT molecular complexity index is 1200. The van der Waals surface area contributed by atoms with Crippen molar-refractivity contribution in [3.05, 3.63) is 34.3 Å². The molecule has 0 aromatic carbocycles. The molecule has 37 heavy (non-hydrogen) atoms. The predicted molar refractivity (Wildman–Crippen MR) is 126 cm³/mol. The number of hydrogen-bond acceptors (Lipinski definition) is 10. The number of ether oxygens (including phenoxy) is 3. The molecule has 0 bridgehead atoms. The molecule has 0 radical (unpaired) electrons. The van der Waals surface area contributed by atoms with E-state index in [0.29, 0.717) is 12.0 Å². The number of carboxylic acid groups (broad SMARTS) is 1. The van der Waals surface area contributed by atoms with Crippen LogP contribution < -0.4 is 5.32 Å². The van der Waals surface area contributed by atoms with Gasteiger partial charge in [0.05, 0.1) is 17.6 Å². The standard InChI is InChI=1S/C26H31NO10/c1-11(23(32)33)27-9-13-19-22(31)21(30)18-14-6-7-16(29)25(14,3)8-15(36-12(2)28)20(18)26(19,4)17(10-35-5)37-24(13)34/h9,11,14-15,17,27,31H,6-8,10H2,1-5H3,(H,32,33)/b13-9-/t11-,14+,15-,17-,25+,26+/m1/s1. The highest BCUT2D eigenvalue weighted by Crippen LogP contribution is 2.62. The van der Waals surface area contributed by atoms with Gasteiger partial charge in [0.2, 0.25) is 5.78 Å². The maximum atomic E-state index is 13.8. The molecule has 3 aliphatic carbocycles. The second kappa shape index (κ2) is 9.13. The first-order chi connectivity index (χ1) is 17.3. The van der Waals surface area contributed by atoms with Gasteiger partial charge in [-0.3, -0.25) is 19.2 Å². The summed E-state index contributed by atoms with van der Waals surface area (Å²) in [5.41, 5.74) is -2.08. The van der Waals surface area contributed by atoms with Crippen molar-refractivity contribution in [1.82, 2.24) is 5.32 Å². The maximum Gasteiger partial charge on any atom is 0.340 e. The number of aliphatic hydroxyl groups is 1. The summed E-state index contributed by atoms with van der Waals surface area (Å²) in [6.45, 7) is 5.89. The lowest BCUT2D eigenvalue weighted by molar-refractivity contribution is -0.160. The molecule has 4 rings (SSSR count). The summed E-state index contributed by atoms with van der Waals surface area (Å²) >= 11 is 0. The molecule has 0 amide bonds. The van der Waals surface area contributed by atoms with Gasteiger partial charge in [-0.15, -0.1) is 0 Å². The number of allylic oxidation sites excluding steroid dienone is 1. The number of Topliss-reactive ketones (excluding diaryl/α,β-unsaturated/α-hetero) is 2. The number of hydrogen-bond donors (Lipinski definition) is 3. The lowest BCUT2D eigenvalue weighted by atomic mass is 9.53. The topological polar surface area (TPSA) is 166 Å². The molecule has 0 spiro atoms. The molecule has 0 unspecified atom stereocenters. The second-order valence-corrected chi connectivity index (χ2v) is 10.5. The third kappa shape index (κ3) is 3.87. The summed E-state index contributed by atoms with van der Waals surface area (Å²) in [6.07, 6.45) is -0.150. The van der Waals surface area contributed by atoms with Gasteiger partial charge in [-0.1, -0.05) is 6.92 Å². The third-order valence-electron chi connectivity index (χ3n) is 8.27. The number of cyclic esters (lactones) is 1. The van der Waals surface area contributed by atoms with Crippen LogP contribution in [0, 0.1) is 16.7 Å². The van der Waals surface area contributed by atoms with Gasteiger partial charge >= 0.3 is 17.9 Å². The molecule has 6 atom stereocenters. The van der Waals surface area contributed by atoms with E-state index in [0.717, 1.165) is 6.20 Å². The molecule has 200 valence electrons. The van der Waals surface area contributed by atoms with Crippen LogP contribution in [-0.2, 0) is 38.2 Å². The third-order valence-corrected chi connectivity index (χ3v) is 8.27. The number of ketones is 2. The average molecular weight is 518 g/mol. The Hall–Kier alpha value is -3.47. The Labute approximate surface area is 213 Å². The summed E-state index contributed by atoms with van der Waals surface area (Å²) in [5.74, 6) is -4.71. The van der Waals surface area contributed by atoms with E-state index in [4.69, 9.17) is 14.2 Å². The summed E-state index contributed by atoms with van der Waals surface area (Å²) in [4.78, 5) is 63.3. The molecule has 1 saturated carbocycles. The monoisotopic (exact) mass is 517 g/mol. The Morgan fingerprint density at radius 3 is 2.54 bits per heavy atom. The van der Waals surface area contributed by atoms with E-state index >= 15 is 0 Å². The number of carboxylic acids is 1. The van der Waals surface area contributed by atoms with Crippen LogP contribution in [0.1, 0.15) is 47.0 Å². The van der Waals surface area contributed by atoms with Crippen molar-refractivity contribution in [1.29, 1.82) is 0 Å². The molecule has 2 fully saturated rings. The molecule has 1 saturated heterocycles. The van der Waals surface area contributed by atoms with Crippen LogP contribution in [0.25, 0.3) is 0 Å². The molecule has 4 aliphatic rings. The van der Waals surface area contributed by atoms with Crippen LogP contribution in [0.4, 0.5) is 0 Å². The van der Waals surface area contributed by atoms with Gasteiger partial charge in [-0.25, -0.2) is 4.79 Å². The summed E-state index contributed by atoms with van der Waals surface area (Å²) in [6, 6.07) is -1.09. The summed E-state index contributed by atoms with van der Waals surface area (Å²) in [5, 5.41) is 23.2. The zero-order valence-corrected chi connectivity index (χ0v) is 21.4. The number of aliphatic hydroxyl groups excluding tert-OH is 1. The van der Waals surface area contributed by atoms with Gasteiger partial charge in [0.1, 0.15) is 24.0 Å². The van der Waals surface area contributed by atoms with Crippen molar-refractivity contribution in [2.75, 3.05) is 13.7 Å². The maximum absolute atomic E-state index is 13.8. The van der Waals surface area contributed by atoms with Gasteiger partial charge < -0.3 is 29.7 Å². The minimum Gasteiger partial charge on any atom is -0.504 e. The van der Waals surface area contributed by atoms with E-state index in [1.165, 1.54) is 21.0 Å². The van der Waals surface area contributed by atoms with E-state index in [-0.39, 0.29) is 42.0 Å². The molecule has 3 N–H and O–H groups in total. The molecule has 11 heteroatoms. The number of rotatable bonds is 6. The molecule has 1 aliphatic heterocycles. The van der Waals surface area contributed by atoms with E-state index in [1.807, 2.05) is 0 Å². The van der Waals surface area contributed by atoms with Crippen molar-refractivity contribution in [3.63, 3.8) is 0 Å². The van der Waals surface area contributed by atoms with Gasteiger partial charge in [0.15, 0.2) is 5.76 Å². The number of methoxy groups -OCH3 is 1. The van der Waals surface area contributed by atoms with Crippen LogP contribution in [0.3, 0.4) is 0 Å². The van der Waals surface area contributed by atoms with Crippen LogP contribution in [0.15, 0.2) is 34.3 Å². The van der Waals surface area contributed by atoms with E-state index in [1.54, 1.807) is 13.8 Å². The Balaban J connectivity index is 1.99. The lowest BCUT2D eigenvalue weighted by Gasteiger charge is -2.53. The predicted octanol–water partition coefficient (Wildman–Crippen LogP) is 1.52. The molecular formula is C26H31NO10.